The molecule has 0 aliphatic carbocycles. The molecule has 1 aliphatic heterocycles. The van der Waals surface area contributed by atoms with Crippen molar-refractivity contribution in [1.82, 2.24) is 9.66 Å². The van der Waals surface area contributed by atoms with E-state index in [0.29, 0.717) is 14.4 Å². The number of aromatic nitrogens is 2. The van der Waals surface area contributed by atoms with E-state index >= 15 is 0 Å². The summed E-state index contributed by atoms with van der Waals surface area (Å²) >= 11 is 6.47. The van der Waals surface area contributed by atoms with E-state index in [2.05, 4.69) is 15.4 Å². The number of nitrogens with zero attached hydrogens (tertiary/aromatic N) is 3. The molecule has 4 rings (SSSR count). The Labute approximate surface area is 169 Å². The molecule has 2 N–H and O–H groups in total. The second kappa shape index (κ2) is 7.37. The highest BCUT2D eigenvalue weighted by Crippen LogP contribution is 2.37. The van der Waals surface area contributed by atoms with Crippen LogP contribution in [-0.2, 0) is 0 Å². The second-order valence-corrected chi connectivity index (χ2v) is 7.49. The average molecular weight is 410 g/mol. The molecule has 140 valence electrons. The monoisotopic (exact) mass is 410 g/mol. The molecule has 28 heavy (non-hydrogen) atoms. The maximum absolute atomic E-state index is 12.3. The zero-order valence-corrected chi connectivity index (χ0v) is 16.3. The summed E-state index contributed by atoms with van der Waals surface area (Å²) < 4.78 is 6.71. The van der Waals surface area contributed by atoms with Crippen molar-refractivity contribution in [3.8, 4) is 11.6 Å². The van der Waals surface area contributed by atoms with Crippen LogP contribution in [0.3, 0.4) is 0 Å². The highest BCUT2D eigenvalue weighted by Gasteiger charge is 2.17. The molecule has 0 radical (unpaired) electrons. The van der Waals surface area contributed by atoms with Crippen LogP contribution in [-0.4, -0.2) is 34.0 Å². The minimum absolute atomic E-state index is 0.143. The molecule has 0 unspecified atom stereocenters. The Morgan fingerprint density at radius 2 is 2.25 bits per heavy atom. The number of rotatable bonds is 4. The molecule has 0 saturated heterocycles. The lowest BCUT2D eigenvalue weighted by Crippen LogP contribution is -2.22. The van der Waals surface area contributed by atoms with Crippen molar-refractivity contribution in [3.05, 3.63) is 62.7 Å². The van der Waals surface area contributed by atoms with Crippen LogP contribution in [0.4, 0.5) is 5.69 Å². The first-order valence-corrected chi connectivity index (χ1v) is 9.39. The Kier molecular flexibility index (Phi) is 4.76. The number of thiazole rings is 1. The van der Waals surface area contributed by atoms with Crippen molar-refractivity contribution in [3.63, 3.8) is 0 Å². The summed E-state index contributed by atoms with van der Waals surface area (Å²) in [5.41, 5.74) is 5.49. The highest BCUT2D eigenvalue weighted by atomic mass is 32.1. The fourth-order valence-electron chi connectivity index (χ4n) is 2.69. The van der Waals surface area contributed by atoms with Crippen LogP contribution in [0.15, 0.2) is 47.7 Å². The molecular formula is C19H14N4O3S2. The number of methoxy groups -OCH3 is 1. The number of carbonyl (C=O) groups is 1. The van der Waals surface area contributed by atoms with Crippen molar-refractivity contribution in [2.24, 2.45) is 4.99 Å². The van der Waals surface area contributed by atoms with Gasteiger partial charge in [0.2, 0.25) is 5.88 Å². The first-order chi connectivity index (χ1) is 13.6. The van der Waals surface area contributed by atoms with Crippen LogP contribution in [0.1, 0.15) is 20.8 Å². The Morgan fingerprint density at radius 3 is 3.00 bits per heavy atom. The smallest absolute Gasteiger partial charge is 0.271 e. The third kappa shape index (κ3) is 3.32. The summed E-state index contributed by atoms with van der Waals surface area (Å²) in [7, 11) is 1.60. The van der Waals surface area contributed by atoms with Gasteiger partial charge in [-0.3, -0.25) is 20.2 Å². The van der Waals surface area contributed by atoms with E-state index in [9.17, 15) is 9.90 Å². The minimum Gasteiger partial charge on any atom is -0.497 e. The van der Waals surface area contributed by atoms with Gasteiger partial charge in [0.05, 0.1) is 23.2 Å². The van der Waals surface area contributed by atoms with Gasteiger partial charge in [-0.15, -0.1) is 0 Å². The molecule has 0 bridgehead atoms. The normalized spacial score (nSPS) is 13.5. The Hall–Kier alpha value is -3.30. The number of aromatic hydroxyl groups is 1. The minimum atomic E-state index is -0.420. The van der Waals surface area contributed by atoms with Crippen molar-refractivity contribution in [2.45, 2.75) is 0 Å². The van der Waals surface area contributed by atoms with Crippen molar-refractivity contribution < 1.29 is 14.6 Å². The summed E-state index contributed by atoms with van der Waals surface area (Å²) in [5.74, 6) is 0.159. The summed E-state index contributed by atoms with van der Waals surface area (Å²) in [6, 6.07) is 8.88. The van der Waals surface area contributed by atoms with E-state index in [1.165, 1.54) is 22.2 Å². The molecular weight excluding hydrogens is 396 g/mol. The summed E-state index contributed by atoms with van der Waals surface area (Å²) in [6.07, 6.45) is 6.51. The molecule has 9 heteroatoms. The molecule has 0 fully saturated rings. The SMILES string of the molecule is COc1ccc2c(c1)N=CC2=Cc1sc(=S)n(NC(=O)c2cccnc2)c1O. The first-order valence-electron chi connectivity index (χ1n) is 8.17. The van der Waals surface area contributed by atoms with Crippen LogP contribution >= 0.6 is 23.6 Å². The van der Waals surface area contributed by atoms with Gasteiger partial charge in [0, 0.05) is 35.8 Å². The topological polar surface area (TPSA) is 88.7 Å². The quantitative estimate of drug-likeness (QED) is 0.634. The first kappa shape index (κ1) is 18.1. The largest absolute Gasteiger partial charge is 0.497 e. The maximum atomic E-state index is 12.3. The number of hydrogen-bond donors (Lipinski definition) is 2. The lowest BCUT2D eigenvalue weighted by molar-refractivity contribution is 0.100. The number of nitrogens with one attached hydrogen (secondary N) is 1. The van der Waals surface area contributed by atoms with Crippen molar-refractivity contribution in [1.29, 1.82) is 0 Å². The number of allylic oxidation sites excluding steroid dienone is 1. The zero-order chi connectivity index (χ0) is 19.7. The standard InChI is InChI=1S/C19H14N4O3S2/c1-26-13-4-5-14-12(10-21-15(14)8-13)7-16-18(25)23(19(27)28-16)22-17(24)11-3-2-6-20-9-11/h2-10,25H,1H3,(H,22,24). The van der Waals surface area contributed by atoms with Gasteiger partial charge in [0.1, 0.15) is 5.75 Å². The zero-order valence-electron chi connectivity index (χ0n) is 14.6. The van der Waals surface area contributed by atoms with Crippen LogP contribution in [0.25, 0.3) is 11.6 Å². The molecule has 0 saturated carbocycles. The summed E-state index contributed by atoms with van der Waals surface area (Å²) in [5, 5.41) is 10.6. The molecule has 1 aliphatic rings. The van der Waals surface area contributed by atoms with Gasteiger partial charge in [-0.05, 0) is 42.6 Å². The fraction of sp³-hybridized carbons (Fsp3) is 0.0526. The number of ether oxygens (including phenoxy) is 1. The molecule has 7 nitrogen and oxygen atoms in total. The third-order valence-corrected chi connectivity index (χ3v) is 5.40. The number of carbonyl (C=O) groups excluding carboxylic acids is 1. The van der Waals surface area contributed by atoms with E-state index in [4.69, 9.17) is 17.0 Å². The highest BCUT2D eigenvalue weighted by molar-refractivity contribution is 7.73. The number of hydrogen-bond acceptors (Lipinski definition) is 7. The predicted molar refractivity (Wildman–Crippen MR) is 112 cm³/mol. The number of aliphatic imine (C=N–C) groups is 1. The Bertz CT molecular complexity index is 1180. The molecule has 3 aromatic rings. The van der Waals surface area contributed by atoms with E-state index in [1.54, 1.807) is 37.7 Å². The van der Waals surface area contributed by atoms with E-state index < -0.39 is 5.91 Å². The Morgan fingerprint density at radius 1 is 1.39 bits per heavy atom. The molecule has 1 aromatic carbocycles. The number of pyridine rings is 1. The molecule has 3 heterocycles. The summed E-state index contributed by atoms with van der Waals surface area (Å²) in [6.45, 7) is 0. The van der Waals surface area contributed by atoms with Gasteiger partial charge in [-0.1, -0.05) is 11.3 Å². The fourth-order valence-corrected chi connectivity index (χ4v) is 3.87. The molecule has 0 atom stereocenters. The average Bonchev–Trinajstić information content (AvgIpc) is 3.24. The van der Waals surface area contributed by atoms with Crippen LogP contribution in [0.5, 0.6) is 11.6 Å². The van der Waals surface area contributed by atoms with Gasteiger partial charge in [0.25, 0.3) is 5.91 Å². The van der Waals surface area contributed by atoms with Gasteiger partial charge in [-0.25, -0.2) is 0 Å². The number of amides is 1. The van der Waals surface area contributed by atoms with Crippen LogP contribution in [0.2, 0.25) is 0 Å². The van der Waals surface area contributed by atoms with E-state index in [-0.39, 0.29) is 5.88 Å². The molecule has 0 spiro atoms. The number of fused-ring (bicyclic) bond motifs is 1. The second-order valence-electron chi connectivity index (χ2n) is 5.81. The van der Waals surface area contributed by atoms with Crippen molar-refractivity contribution >= 4 is 53.0 Å². The molecule has 1 amide bonds. The lowest BCUT2D eigenvalue weighted by atomic mass is 10.1. The van der Waals surface area contributed by atoms with Gasteiger partial charge >= 0.3 is 0 Å². The van der Waals surface area contributed by atoms with Gasteiger partial charge < -0.3 is 9.84 Å². The maximum Gasteiger partial charge on any atom is 0.271 e. The number of benzene rings is 1. The van der Waals surface area contributed by atoms with Crippen molar-refractivity contribution in [2.75, 3.05) is 12.5 Å². The van der Waals surface area contributed by atoms with Crippen LogP contribution < -0.4 is 10.2 Å². The predicted octanol–water partition coefficient (Wildman–Crippen LogP) is 4.03. The lowest BCUT2D eigenvalue weighted by Gasteiger charge is -2.07. The van der Waals surface area contributed by atoms with Gasteiger partial charge in [-0.2, -0.15) is 4.68 Å². The Balaban J connectivity index is 1.64. The third-order valence-electron chi connectivity index (χ3n) is 4.09. The van der Waals surface area contributed by atoms with E-state index in [1.807, 2.05) is 18.2 Å². The van der Waals surface area contributed by atoms with Crippen LogP contribution in [0, 0.1) is 3.95 Å². The van der Waals surface area contributed by atoms with E-state index in [0.717, 1.165) is 22.6 Å². The summed E-state index contributed by atoms with van der Waals surface area (Å²) in [4.78, 5) is 21.1. The molecule has 2 aromatic heterocycles. The van der Waals surface area contributed by atoms with Gasteiger partial charge in [0.15, 0.2) is 3.95 Å².